The fourth-order valence-corrected chi connectivity index (χ4v) is 4.35. The van der Waals surface area contributed by atoms with E-state index in [-0.39, 0.29) is 5.54 Å². The Bertz CT molecular complexity index is 360. The third kappa shape index (κ3) is 5.38. The minimum absolute atomic E-state index is 0.366. The first kappa shape index (κ1) is 16.9. The summed E-state index contributed by atoms with van der Waals surface area (Å²) in [7, 11) is -1.40. The molecule has 0 amide bonds. The van der Waals surface area contributed by atoms with Crippen LogP contribution in [-0.4, -0.2) is 44.9 Å². The summed E-state index contributed by atoms with van der Waals surface area (Å²) in [5, 5.41) is 3.16. The van der Waals surface area contributed by atoms with Crippen molar-refractivity contribution < 1.29 is 8.42 Å². The highest BCUT2D eigenvalue weighted by molar-refractivity contribution is 7.87. The van der Waals surface area contributed by atoms with Gasteiger partial charge in [0.2, 0.25) is 0 Å². The van der Waals surface area contributed by atoms with Crippen molar-refractivity contribution in [3.8, 4) is 0 Å². The molecule has 1 rings (SSSR count). The average Bonchev–Trinajstić information content (AvgIpc) is 2.28. The number of piperidine rings is 1. The van der Waals surface area contributed by atoms with Crippen LogP contribution in [0.4, 0.5) is 0 Å². The molecule has 0 bridgehead atoms. The van der Waals surface area contributed by atoms with Crippen LogP contribution in [0.25, 0.3) is 0 Å². The fourth-order valence-electron chi connectivity index (χ4n) is 2.73. The molecule has 114 valence electrons. The topological polar surface area (TPSA) is 61.4 Å². The Morgan fingerprint density at radius 2 is 1.84 bits per heavy atom. The predicted octanol–water partition coefficient (Wildman–Crippen LogP) is 1.33. The molecule has 1 fully saturated rings. The van der Waals surface area contributed by atoms with Crippen LogP contribution < -0.4 is 10.0 Å². The van der Waals surface area contributed by atoms with Gasteiger partial charge in [0.05, 0.1) is 0 Å². The molecule has 1 heterocycles. The zero-order valence-electron chi connectivity index (χ0n) is 12.7. The van der Waals surface area contributed by atoms with Crippen molar-refractivity contribution in [2.75, 3.05) is 26.7 Å². The van der Waals surface area contributed by atoms with Crippen molar-refractivity contribution in [1.82, 2.24) is 14.3 Å². The second-order valence-corrected chi connectivity index (χ2v) is 7.81. The van der Waals surface area contributed by atoms with Gasteiger partial charge in [-0.05, 0) is 52.6 Å². The van der Waals surface area contributed by atoms with E-state index in [1.54, 1.807) is 4.31 Å². The standard InChI is InChI=1S/C13H29N3O2S/c1-5-8-13(2,3)15-19(17,18)16-9-6-12(7-10-16)11-14-4/h12,14-15H,5-11H2,1-4H3. The summed E-state index contributed by atoms with van der Waals surface area (Å²) in [5.74, 6) is 0.597. The third-order valence-electron chi connectivity index (χ3n) is 3.69. The Morgan fingerprint density at radius 3 is 2.32 bits per heavy atom. The number of hydrogen-bond donors (Lipinski definition) is 2. The van der Waals surface area contributed by atoms with Crippen molar-refractivity contribution in [1.29, 1.82) is 0 Å². The van der Waals surface area contributed by atoms with Crippen molar-refractivity contribution in [3.05, 3.63) is 0 Å². The van der Waals surface area contributed by atoms with Gasteiger partial charge in [-0.1, -0.05) is 13.3 Å². The van der Waals surface area contributed by atoms with Gasteiger partial charge in [0, 0.05) is 18.6 Å². The van der Waals surface area contributed by atoms with E-state index in [2.05, 4.69) is 17.0 Å². The van der Waals surface area contributed by atoms with Gasteiger partial charge in [-0.2, -0.15) is 17.4 Å². The largest absolute Gasteiger partial charge is 0.319 e. The van der Waals surface area contributed by atoms with Crippen LogP contribution in [0.3, 0.4) is 0 Å². The monoisotopic (exact) mass is 291 g/mol. The van der Waals surface area contributed by atoms with Crippen LogP contribution in [0, 0.1) is 5.92 Å². The van der Waals surface area contributed by atoms with Crippen molar-refractivity contribution in [2.24, 2.45) is 5.92 Å². The molecule has 0 radical (unpaired) electrons. The summed E-state index contributed by atoms with van der Waals surface area (Å²) < 4.78 is 29.1. The summed E-state index contributed by atoms with van der Waals surface area (Å²) in [4.78, 5) is 0. The van der Waals surface area contributed by atoms with Crippen molar-refractivity contribution >= 4 is 10.2 Å². The molecule has 0 atom stereocenters. The molecule has 1 aliphatic rings. The van der Waals surface area contributed by atoms with Gasteiger partial charge in [-0.25, -0.2) is 0 Å². The molecule has 0 aromatic heterocycles. The van der Waals surface area contributed by atoms with Crippen LogP contribution in [-0.2, 0) is 10.2 Å². The lowest BCUT2D eigenvalue weighted by Crippen LogP contribution is -2.52. The average molecular weight is 291 g/mol. The van der Waals surface area contributed by atoms with Gasteiger partial charge < -0.3 is 5.32 Å². The first-order chi connectivity index (χ1) is 8.80. The molecule has 5 nitrogen and oxygen atoms in total. The molecule has 1 saturated heterocycles. The van der Waals surface area contributed by atoms with Gasteiger partial charge in [0.25, 0.3) is 10.2 Å². The third-order valence-corrected chi connectivity index (χ3v) is 5.54. The summed E-state index contributed by atoms with van der Waals surface area (Å²) >= 11 is 0. The Balaban J connectivity index is 2.55. The highest BCUT2D eigenvalue weighted by Crippen LogP contribution is 2.20. The zero-order chi connectivity index (χ0) is 14.5. The van der Waals surface area contributed by atoms with E-state index in [0.29, 0.717) is 19.0 Å². The number of hydrogen-bond acceptors (Lipinski definition) is 3. The van der Waals surface area contributed by atoms with E-state index in [0.717, 1.165) is 32.2 Å². The number of nitrogens with one attached hydrogen (secondary N) is 2. The summed E-state index contributed by atoms with van der Waals surface area (Å²) in [5.41, 5.74) is -0.366. The number of rotatable bonds is 7. The van der Waals surface area contributed by atoms with Crippen LogP contribution in [0.5, 0.6) is 0 Å². The molecule has 6 heteroatoms. The Labute approximate surface area is 118 Å². The van der Waals surface area contributed by atoms with Gasteiger partial charge in [0.15, 0.2) is 0 Å². The molecule has 0 unspecified atom stereocenters. The normalized spacial score (nSPS) is 19.8. The summed E-state index contributed by atoms with van der Waals surface area (Å²) in [6.07, 6.45) is 3.70. The molecule has 2 N–H and O–H groups in total. The molecule has 0 spiro atoms. The quantitative estimate of drug-likeness (QED) is 0.744. The van der Waals surface area contributed by atoms with Gasteiger partial charge in [-0.15, -0.1) is 0 Å². The fraction of sp³-hybridized carbons (Fsp3) is 1.00. The SMILES string of the molecule is CCCC(C)(C)NS(=O)(=O)N1CCC(CNC)CC1. The first-order valence-electron chi connectivity index (χ1n) is 7.24. The second kappa shape index (κ2) is 7.02. The van der Waals surface area contributed by atoms with Crippen molar-refractivity contribution in [2.45, 2.75) is 52.0 Å². The lowest BCUT2D eigenvalue weighted by Gasteiger charge is -2.34. The van der Waals surface area contributed by atoms with Gasteiger partial charge >= 0.3 is 0 Å². The molecule has 19 heavy (non-hydrogen) atoms. The maximum Gasteiger partial charge on any atom is 0.279 e. The Kier molecular flexibility index (Phi) is 6.23. The van der Waals surface area contributed by atoms with E-state index in [1.165, 1.54) is 0 Å². The Morgan fingerprint density at radius 1 is 1.26 bits per heavy atom. The summed E-state index contributed by atoms with van der Waals surface area (Å²) in [6, 6.07) is 0. The molecule has 0 saturated carbocycles. The number of nitrogens with zero attached hydrogens (tertiary/aromatic N) is 1. The lowest BCUT2D eigenvalue weighted by molar-refractivity contribution is 0.263. The highest BCUT2D eigenvalue weighted by atomic mass is 32.2. The van der Waals surface area contributed by atoms with E-state index in [4.69, 9.17) is 0 Å². The van der Waals surface area contributed by atoms with Crippen LogP contribution in [0.2, 0.25) is 0 Å². The zero-order valence-corrected chi connectivity index (χ0v) is 13.5. The van der Waals surface area contributed by atoms with E-state index < -0.39 is 10.2 Å². The summed E-state index contributed by atoms with van der Waals surface area (Å²) in [6.45, 7) is 8.19. The van der Waals surface area contributed by atoms with Crippen LogP contribution >= 0.6 is 0 Å². The molecular formula is C13H29N3O2S. The molecule has 0 aliphatic carbocycles. The van der Waals surface area contributed by atoms with Gasteiger partial charge in [-0.3, -0.25) is 0 Å². The van der Waals surface area contributed by atoms with E-state index in [1.807, 2.05) is 20.9 Å². The lowest BCUT2D eigenvalue weighted by atomic mass is 9.98. The maximum absolute atomic E-state index is 12.3. The molecular weight excluding hydrogens is 262 g/mol. The second-order valence-electron chi connectivity index (χ2n) is 6.14. The molecule has 0 aromatic rings. The minimum atomic E-state index is -3.34. The minimum Gasteiger partial charge on any atom is -0.319 e. The van der Waals surface area contributed by atoms with E-state index in [9.17, 15) is 8.42 Å². The Hall–Kier alpha value is -0.170. The van der Waals surface area contributed by atoms with Crippen LogP contribution in [0.1, 0.15) is 46.5 Å². The highest BCUT2D eigenvalue weighted by Gasteiger charge is 2.31. The first-order valence-corrected chi connectivity index (χ1v) is 8.68. The van der Waals surface area contributed by atoms with Crippen LogP contribution in [0.15, 0.2) is 0 Å². The van der Waals surface area contributed by atoms with E-state index >= 15 is 0 Å². The van der Waals surface area contributed by atoms with Crippen molar-refractivity contribution in [3.63, 3.8) is 0 Å². The maximum atomic E-state index is 12.3. The molecule has 1 aliphatic heterocycles. The molecule has 0 aromatic carbocycles. The predicted molar refractivity (Wildman–Crippen MR) is 79.3 cm³/mol. The van der Waals surface area contributed by atoms with Gasteiger partial charge in [0.1, 0.15) is 0 Å². The smallest absolute Gasteiger partial charge is 0.279 e.